The van der Waals surface area contributed by atoms with Gasteiger partial charge in [0.25, 0.3) is 0 Å². The molecule has 0 radical (unpaired) electrons. The van der Waals surface area contributed by atoms with Gasteiger partial charge < -0.3 is 4.74 Å². The van der Waals surface area contributed by atoms with Crippen molar-refractivity contribution in [2.75, 3.05) is 13.2 Å². The fourth-order valence-corrected chi connectivity index (χ4v) is 2.34. The van der Waals surface area contributed by atoms with Crippen molar-refractivity contribution in [3.8, 4) is 0 Å². The summed E-state index contributed by atoms with van der Waals surface area (Å²) in [5.74, 6) is -2.42. The number of imide groups is 2. The fourth-order valence-electron chi connectivity index (χ4n) is 2.34. The summed E-state index contributed by atoms with van der Waals surface area (Å²) >= 11 is 0. The first-order chi connectivity index (χ1) is 9.81. The minimum atomic E-state index is -1.43. The number of amides is 4. The third kappa shape index (κ3) is 2.96. The number of carbonyl (C=O) groups is 4. The maximum absolute atomic E-state index is 12.6. The zero-order valence-electron chi connectivity index (χ0n) is 12.5. The Balaban J connectivity index is 3.14. The van der Waals surface area contributed by atoms with E-state index in [0.717, 1.165) is 4.90 Å². The molecule has 1 aliphatic rings. The van der Waals surface area contributed by atoms with E-state index in [-0.39, 0.29) is 18.9 Å². The van der Waals surface area contributed by atoms with Crippen molar-refractivity contribution in [2.45, 2.75) is 27.2 Å². The lowest BCUT2D eigenvalue weighted by atomic mass is 9.71. The molecule has 1 aliphatic heterocycles. The second-order valence-corrected chi connectivity index (χ2v) is 5.07. The Labute approximate surface area is 123 Å². The van der Waals surface area contributed by atoms with Gasteiger partial charge in [-0.2, -0.15) is 0 Å². The molecule has 4 amide bonds. The van der Waals surface area contributed by atoms with E-state index in [1.807, 2.05) is 0 Å². The number of hydrogen-bond acceptors (Lipinski definition) is 5. The van der Waals surface area contributed by atoms with E-state index >= 15 is 0 Å². The van der Waals surface area contributed by atoms with Crippen LogP contribution in [0.1, 0.15) is 27.2 Å². The predicted molar refractivity (Wildman–Crippen MR) is 74.0 cm³/mol. The minimum Gasteiger partial charge on any atom is -0.465 e. The lowest BCUT2D eigenvalue weighted by Gasteiger charge is -2.40. The number of nitrogens with zero attached hydrogens (tertiary/aromatic N) is 1. The monoisotopic (exact) mass is 296 g/mol. The molecule has 1 N–H and O–H groups in total. The van der Waals surface area contributed by atoms with Crippen molar-refractivity contribution in [3.63, 3.8) is 0 Å². The molecule has 1 rings (SSSR count). The summed E-state index contributed by atoms with van der Waals surface area (Å²) in [6, 6.07) is -0.904. The molecule has 0 aromatic heterocycles. The highest BCUT2D eigenvalue weighted by Gasteiger charge is 2.55. The Bertz CT molecular complexity index is 486. The highest BCUT2D eigenvalue weighted by Crippen LogP contribution is 2.37. The van der Waals surface area contributed by atoms with Crippen molar-refractivity contribution >= 4 is 23.8 Å². The van der Waals surface area contributed by atoms with Crippen molar-refractivity contribution in [2.24, 2.45) is 11.3 Å². The van der Waals surface area contributed by atoms with Crippen LogP contribution in [0.25, 0.3) is 0 Å². The van der Waals surface area contributed by atoms with Crippen molar-refractivity contribution in [3.05, 3.63) is 12.7 Å². The summed E-state index contributed by atoms with van der Waals surface area (Å²) in [5.41, 5.74) is -1.43. The van der Waals surface area contributed by atoms with Gasteiger partial charge in [0.2, 0.25) is 11.8 Å². The van der Waals surface area contributed by atoms with Crippen LogP contribution in [0.3, 0.4) is 0 Å². The second-order valence-electron chi connectivity index (χ2n) is 5.07. The van der Waals surface area contributed by atoms with E-state index in [0.29, 0.717) is 0 Å². The maximum Gasteiger partial charge on any atom is 0.331 e. The SMILES string of the molecule is C=CCC1(C(C)C)C(=O)NC(=O)N(CC(=O)OCC)C1=O. The predicted octanol–water partition coefficient (Wildman–Crippen LogP) is 0.846. The van der Waals surface area contributed by atoms with Gasteiger partial charge in [-0.05, 0) is 19.3 Å². The topological polar surface area (TPSA) is 92.8 Å². The molecule has 1 heterocycles. The van der Waals surface area contributed by atoms with Crippen LogP contribution in [-0.4, -0.2) is 41.9 Å². The second kappa shape index (κ2) is 6.51. The number of rotatable bonds is 6. The van der Waals surface area contributed by atoms with Gasteiger partial charge in [-0.3, -0.25) is 24.6 Å². The molecule has 0 aliphatic carbocycles. The Morgan fingerprint density at radius 2 is 2.05 bits per heavy atom. The molecule has 116 valence electrons. The molecule has 0 spiro atoms. The number of allylic oxidation sites excluding steroid dienone is 1. The Morgan fingerprint density at radius 3 is 2.52 bits per heavy atom. The van der Waals surface area contributed by atoms with Crippen molar-refractivity contribution in [1.82, 2.24) is 10.2 Å². The number of barbiturate groups is 1. The van der Waals surface area contributed by atoms with Crippen LogP contribution < -0.4 is 5.32 Å². The standard InChI is InChI=1S/C14H20N2O5/c1-5-7-14(9(3)4)11(18)15-13(20)16(12(14)19)8-10(17)21-6-2/h5,9H,1,6-8H2,2-4H3,(H,15,18,20). The van der Waals surface area contributed by atoms with Gasteiger partial charge in [0.1, 0.15) is 12.0 Å². The van der Waals surface area contributed by atoms with Crippen LogP contribution in [-0.2, 0) is 19.1 Å². The van der Waals surface area contributed by atoms with E-state index in [4.69, 9.17) is 4.74 Å². The third-order valence-electron chi connectivity index (χ3n) is 3.54. The van der Waals surface area contributed by atoms with Gasteiger partial charge in [0.05, 0.1) is 6.61 Å². The molecular formula is C14H20N2O5. The molecule has 21 heavy (non-hydrogen) atoms. The van der Waals surface area contributed by atoms with Crippen LogP contribution in [0.2, 0.25) is 0 Å². The number of nitrogens with one attached hydrogen (secondary N) is 1. The van der Waals surface area contributed by atoms with Gasteiger partial charge in [-0.15, -0.1) is 6.58 Å². The summed E-state index contributed by atoms with van der Waals surface area (Å²) in [7, 11) is 0. The lowest BCUT2D eigenvalue weighted by molar-refractivity contribution is -0.159. The summed E-state index contributed by atoms with van der Waals surface area (Å²) in [4.78, 5) is 48.9. The molecule has 1 fully saturated rings. The first kappa shape index (κ1) is 16.9. The number of hydrogen-bond donors (Lipinski definition) is 1. The zero-order valence-corrected chi connectivity index (χ0v) is 12.5. The molecule has 1 atom stereocenters. The number of urea groups is 1. The number of esters is 1. The van der Waals surface area contributed by atoms with Gasteiger partial charge >= 0.3 is 12.0 Å². The Kier molecular flexibility index (Phi) is 5.23. The molecule has 0 aromatic rings. The van der Waals surface area contributed by atoms with Crippen molar-refractivity contribution in [1.29, 1.82) is 0 Å². The molecule has 7 nitrogen and oxygen atoms in total. The van der Waals surface area contributed by atoms with Gasteiger partial charge in [-0.25, -0.2) is 4.79 Å². The fraction of sp³-hybridized carbons (Fsp3) is 0.571. The van der Waals surface area contributed by atoms with E-state index in [9.17, 15) is 19.2 Å². The van der Waals surface area contributed by atoms with Crippen LogP contribution >= 0.6 is 0 Å². The number of ether oxygens (including phenoxy) is 1. The summed E-state index contributed by atoms with van der Waals surface area (Å²) in [6.07, 6.45) is 1.54. The quantitative estimate of drug-likeness (QED) is 0.445. The molecule has 0 saturated carbocycles. The minimum absolute atomic E-state index is 0.0853. The first-order valence-corrected chi connectivity index (χ1v) is 6.75. The van der Waals surface area contributed by atoms with Crippen LogP contribution in [0.5, 0.6) is 0 Å². The van der Waals surface area contributed by atoms with Gasteiger partial charge in [0, 0.05) is 0 Å². The highest BCUT2D eigenvalue weighted by atomic mass is 16.5. The molecule has 7 heteroatoms. The highest BCUT2D eigenvalue weighted by molar-refractivity contribution is 6.20. The van der Waals surface area contributed by atoms with Crippen LogP contribution in [0.4, 0.5) is 4.79 Å². The first-order valence-electron chi connectivity index (χ1n) is 6.75. The Hall–Kier alpha value is -2.18. The summed E-state index contributed by atoms with van der Waals surface area (Å²) in [5, 5.41) is 2.14. The average molecular weight is 296 g/mol. The summed E-state index contributed by atoms with van der Waals surface area (Å²) < 4.78 is 4.74. The Morgan fingerprint density at radius 1 is 1.43 bits per heavy atom. The molecule has 0 aromatic carbocycles. The maximum atomic E-state index is 12.6. The smallest absolute Gasteiger partial charge is 0.331 e. The van der Waals surface area contributed by atoms with E-state index < -0.39 is 35.8 Å². The van der Waals surface area contributed by atoms with Crippen LogP contribution in [0, 0.1) is 11.3 Å². The number of carbonyl (C=O) groups excluding carboxylic acids is 4. The van der Waals surface area contributed by atoms with E-state index in [1.54, 1.807) is 20.8 Å². The van der Waals surface area contributed by atoms with Crippen molar-refractivity contribution < 1.29 is 23.9 Å². The van der Waals surface area contributed by atoms with Gasteiger partial charge in [0.15, 0.2) is 0 Å². The average Bonchev–Trinajstić information content (AvgIpc) is 2.39. The summed E-state index contributed by atoms with van der Waals surface area (Å²) in [6.45, 7) is 8.22. The van der Waals surface area contributed by atoms with Crippen LogP contribution in [0.15, 0.2) is 12.7 Å². The normalized spacial score (nSPS) is 22.3. The van der Waals surface area contributed by atoms with Gasteiger partial charge in [-0.1, -0.05) is 19.9 Å². The third-order valence-corrected chi connectivity index (χ3v) is 3.54. The largest absolute Gasteiger partial charge is 0.465 e. The van der Waals surface area contributed by atoms with E-state index in [2.05, 4.69) is 11.9 Å². The molecule has 1 unspecified atom stereocenters. The molecule has 1 saturated heterocycles. The van der Waals surface area contributed by atoms with E-state index in [1.165, 1.54) is 6.08 Å². The lowest BCUT2D eigenvalue weighted by Crippen LogP contribution is -2.66. The molecular weight excluding hydrogens is 276 g/mol. The molecule has 0 bridgehead atoms. The zero-order chi connectivity index (χ0) is 16.2.